The molecule has 0 spiro atoms. The van der Waals surface area contributed by atoms with E-state index in [0.717, 1.165) is 60.8 Å². The lowest BCUT2D eigenvalue weighted by molar-refractivity contribution is -0.276. The quantitative estimate of drug-likeness (QED) is 0.0382. The number of carbonyl (C=O) groups excluding carboxylic acids is 1. The van der Waals surface area contributed by atoms with Crippen molar-refractivity contribution in [3.05, 3.63) is 175 Å². The van der Waals surface area contributed by atoms with E-state index in [1.54, 1.807) is 7.11 Å². The molecule has 4 saturated heterocycles. The van der Waals surface area contributed by atoms with Crippen LogP contribution in [0.4, 0.5) is 0 Å². The smallest absolute Gasteiger partial charge is 0.261 e. The van der Waals surface area contributed by atoms with Gasteiger partial charge in [-0.3, -0.25) is 0 Å². The zero-order chi connectivity index (χ0) is 56.7. The second kappa shape index (κ2) is 26.2. The van der Waals surface area contributed by atoms with Crippen LogP contribution in [0.25, 0.3) is 0 Å². The molecule has 9 nitrogen and oxygen atoms in total. The molecule has 4 aliphatic rings. The van der Waals surface area contributed by atoms with E-state index in [-0.39, 0.29) is 83.0 Å². The minimum atomic E-state index is -3.10. The summed E-state index contributed by atoms with van der Waals surface area (Å²) in [5, 5.41) is 4.49. The normalized spacial score (nSPS) is 27.6. The molecule has 4 fully saturated rings. The largest absolute Gasteiger partial charge is 0.497 e. The van der Waals surface area contributed by atoms with Gasteiger partial charge in [-0.25, -0.2) is 0 Å². The Morgan fingerprint density at radius 3 is 1.70 bits per heavy atom. The van der Waals surface area contributed by atoms with Crippen LogP contribution in [0, 0.1) is 11.8 Å². The Morgan fingerprint density at radius 1 is 0.613 bits per heavy atom. The third-order valence-corrected chi connectivity index (χ3v) is 28.0. The average molecular weight is 1120 g/mol. The summed E-state index contributed by atoms with van der Waals surface area (Å²) in [4.78, 5) is 11.2. The average Bonchev–Trinajstić information content (AvgIpc) is 3.99. The predicted molar refractivity (Wildman–Crippen MR) is 327 cm³/mol. The summed E-state index contributed by atoms with van der Waals surface area (Å²) in [6, 6.07) is 51.8. The number of rotatable bonds is 22. The highest BCUT2D eigenvalue weighted by Crippen LogP contribution is 2.46. The molecule has 12 atom stereocenters. The summed E-state index contributed by atoms with van der Waals surface area (Å²) < 4.78 is 57.4. The van der Waals surface area contributed by atoms with Crippen LogP contribution in [0.15, 0.2) is 170 Å². The lowest BCUT2D eigenvalue weighted by Gasteiger charge is -2.54. The number of benzene rings is 5. The Hall–Kier alpha value is -4.80. The Bertz CT molecular complexity index is 2680. The van der Waals surface area contributed by atoms with Crippen molar-refractivity contribution >= 4 is 43.7 Å². The molecule has 0 aliphatic carbocycles. The van der Waals surface area contributed by atoms with E-state index in [1.165, 1.54) is 20.7 Å². The van der Waals surface area contributed by atoms with E-state index in [0.29, 0.717) is 38.9 Å². The molecule has 0 aromatic heterocycles. The van der Waals surface area contributed by atoms with Gasteiger partial charge < -0.3 is 42.1 Å². The Labute approximate surface area is 481 Å². The van der Waals surface area contributed by atoms with Gasteiger partial charge in [-0.15, -0.1) is 0 Å². The summed E-state index contributed by atoms with van der Waals surface area (Å²) >= 11 is 0. The molecule has 428 valence electrons. The minimum Gasteiger partial charge on any atom is -0.497 e. The fourth-order valence-electron chi connectivity index (χ4n) is 13.7. The Kier molecular flexibility index (Phi) is 19.6. The van der Waals surface area contributed by atoms with Crippen LogP contribution in [0.5, 0.6) is 5.75 Å². The zero-order valence-electron chi connectivity index (χ0n) is 49.2. The third kappa shape index (κ3) is 13.0. The van der Waals surface area contributed by atoms with Crippen LogP contribution in [0.3, 0.4) is 0 Å². The lowest BCUT2D eigenvalue weighted by Crippen LogP contribution is -2.70. The second-order valence-electron chi connectivity index (χ2n) is 25.3. The van der Waals surface area contributed by atoms with E-state index in [1.807, 2.05) is 12.1 Å². The number of hydrogen-bond donors (Lipinski definition) is 0. The fourth-order valence-corrected chi connectivity index (χ4v) is 23.0. The van der Waals surface area contributed by atoms with Crippen molar-refractivity contribution in [2.45, 2.75) is 191 Å². The topological polar surface area (TPSA) is 90.9 Å². The molecule has 11 heteroatoms. The number of ether oxygens (including phenoxy) is 6. The van der Waals surface area contributed by atoms with Crippen LogP contribution < -0.4 is 25.5 Å². The van der Waals surface area contributed by atoms with Crippen molar-refractivity contribution in [3.8, 4) is 5.75 Å². The summed E-state index contributed by atoms with van der Waals surface area (Å²) in [5.41, 5.74) is 3.26. The molecule has 4 aliphatic heterocycles. The molecule has 0 bridgehead atoms. The standard InChI is InChI=1S/C69H90O9Si2/c1-48-43-55(38-39-60-49(2)44-54(74-60)25-24-41-70)75-62(50(48)3)45-64-66(72-47-52-34-36-53(71-11)37-35-52)51(4)67-65(76-64)46-63(78-80(69(8,9)10,58-30-20-14-21-31-58)59-32-22-15-23-33-59)61(77-67)40-42-73-79(68(5,6)7,56-26-16-12-17-27-56)57-28-18-13-19-29-57/h12-23,26-37,41,48,51,54-55,60-67H,2-3,24-25,38-40,42-47H2,1,4-11H3/t48-,51-,54+,55+,60+,61-,62?,63?,64+,65?,66-,67+/m1/s1. The van der Waals surface area contributed by atoms with Crippen LogP contribution in [-0.4, -0.2) is 97.7 Å². The highest BCUT2D eigenvalue weighted by Gasteiger charge is 2.57. The molecular weight excluding hydrogens is 1030 g/mol. The van der Waals surface area contributed by atoms with Crippen molar-refractivity contribution in [1.29, 1.82) is 0 Å². The van der Waals surface area contributed by atoms with Gasteiger partial charge in [0.1, 0.15) is 12.0 Å². The maximum atomic E-state index is 11.2. The fraction of sp³-hybridized carbons (Fsp3) is 0.493. The number of fused-ring (bicyclic) bond motifs is 1. The Balaban J connectivity index is 1.05. The first-order valence-electron chi connectivity index (χ1n) is 29.7. The molecule has 5 aromatic rings. The van der Waals surface area contributed by atoms with Gasteiger partial charge in [0.2, 0.25) is 0 Å². The predicted octanol–water partition coefficient (Wildman–Crippen LogP) is 12.3. The molecule has 4 heterocycles. The maximum Gasteiger partial charge on any atom is 0.261 e. The maximum absolute atomic E-state index is 11.2. The van der Waals surface area contributed by atoms with Crippen molar-refractivity contribution in [3.63, 3.8) is 0 Å². The van der Waals surface area contributed by atoms with Crippen LogP contribution >= 0.6 is 0 Å². The molecule has 0 amide bonds. The van der Waals surface area contributed by atoms with Gasteiger partial charge in [-0.1, -0.05) is 202 Å². The molecule has 0 saturated carbocycles. The molecular formula is C69H90O9Si2. The number of carbonyl (C=O) groups is 1. The number of methoxy groups -OCH3 is 1. The van der Waals surface area contributed by atoms with Crippen molar-refractivity contribution in [2.24, 2.45) is 11.8 Å². The Morgan fingerprint density at radius 2 is 1.16 bits per heavy atom. The molecule has 80 heavy (non-hydrogen) atoms. The molecule has 9 rings (SSSR count). The molecule has 0 N–H and O–H groups in total. The molecule has 0 radical (unpaired) electrons. The minimum absolute atomic E-state index is 0.0208. The van der Waals surface area contributed by atoms with E-state index < -0.39 is 16.6 Å². The first-order valence-corrected chi connectivity index (χ1v) is 33.5. The number of aldehydes is 1. The van der Waals surface area contributed by atoms with Gasteiger partial charge in [-0.05, 0) is 104 Å². The third-order valence-electron chi connectivity index (χ3n) is 17.9. The van der Waals surface area contributed by atoms with Crippen molar-refractivity contribution < 1.29 is 42.1 Å². The van der Waals surface area contributed by atoms with Crippen LogP contribution in [0.1, 0.15) is 119 Å². The SMILES string of the molecule is C=C1C(C[C@@H]2OC3CC(O[Si](c4ccccc4)(c4ccccc4)C(C)(C)C)[C@@H](CCO[Si](c4ccccc4)(c4ccccc4)C(C)(C)C)O[C@H]3[C@H](C)[C@H]2OCc2ccc(OC)cc2)O[C@@H](CC[C@@H]2O[C@@H](CCC=O)CC2=C)C[C@H]1C. The van der Waals surface area contributed by atoms with Crippen molar-refractivity contribution in [1.82, 2.24) is 0 Å². The summed E-state index contributed by atoms with van der Waals surface area (Å²) in [6.45, 7) is 28.6. The van der Waals surface area contributed by atoms with Crippen LogP contribution in [0.2, 0.25) is 10.1 Å². The zero-order valence-corrected chi connectivity index (χ0v) is 51.2. The second-order valence-corrected chi connectivity index (χ2v) is 33.9. The first kappa shape index (κ1) is 59.8. The highest BCUT2D eigenvalue weighted by molar-refractivity contribution is 7.00. The monoisotopic (exact) mass is 1120 g/mol. The molecule has 5 aromatic carbocycles. The van der Waals surface area contributed by atoms with E-state index in [9.17, 15) is 4.79 Å². The summed E-state index contributed by atoms with van der Waals surface area (Å²) in [7, 11) is -4.31. The van der Waals surface area contributed by atoms with Gasteiger partial charge in [0, 0.05) is 31.8 Å². The van der Waals surface area contributed by atoms with Crippen molar-refractivity contribution in [2.75, 3.05) is 13.7 Å². The van der Waals surface area contributed by atoms with Gasteiger partial charge in [0.25, 0.3) is 16.6 Å². The van der Waals surface area contributed by atoms with Gasteiger partial charge in [0.05, 0.1) is 74.8 Å². The van der Waals surface area contributed by atoms with Gasteiger partial charge in [0.15, 0.2) is 0 Å². The first-order chi connectivity index (χ1) is 38.4. The molecule has 3 unspecified atom stereocenters. The van der Waals surface area contributed by atoms with Gasteiger partial charge in [-0.2, -0.15) is 0 Å². The van der Waals surface area contributed by atoms with E-state index in [2.05, 4.69) is 195 Å². The van der Waals surface area contributed by atoms with E-state index >= 15 is 0 Å². The lowest BCUT2D eigenvalue weighted by atomic mass is 9.79. The summed E-state index contributed by atoms with van der Waals surface area (Å²) in [5.74, 6) is 0.999. The van der Waals surface area contributed by atoms with E-state index in [4.69, 9.17) is 43.9 Å². The van der Waals surface area contributed by atoms with Crippen LogP contribution in [-0.2, 0) is 43.9 Å². The highest BCUT2D eigenvalue weighted by atomic mass is 28.4. The summed E-state index contributed by atoms with van der Waals surface area (Å²) in [6.07, 6.45) is 5.33. The van der Waals surface area contributed by atoms with Gasteiger partial charge >= 0.3 is 0 Å². The number of hydrogen-bond acceptors (Lipinski definition) is 9.